The Balaban J connectivity index is 1.35. The van der Waals surface area contributed by atoms with Crippen molar-refractivity contribution in [3.8, 4) is 0 Å². The Morgan fingerprint density at radius 2 is 1.92 bits per heavy atom. The maximum atomic E-state index is 13.0. The van der Waals surface area contributed by atoms with Gasteiger partial charge in [-0.25, -0.2) is 13.4 Å². The van der Waals surface area contributed by atoms with Gasteiger partial charge < -0.3 is 15.7 Å². The summed E-state index contributed by atoms with van der Waals surface area (Å²) in [4.78, 5) is 30.4. The van der Waals surface area contributed by atoms with Crippen LogP contribution in [0.2, 0.25) is 0 Å². The summed E-state index contributed by atoms with van der Waals surface area (Å²) in [5.41, 5.74) is 3.95. The molecule has 1 aliphatic heterocycles. The molecule has 0 saturated carbocycles. The molecule has 1 amide bonds. The molecule has 13 heteroatoms. The number of pyridine rings is 1. The third kappa shape index (κ3) is 6.34. The summed E-state index contributed by atoms with van der Waals surface area (Å²) in [7, 11) is -4.16. The van der Waals surface area contributed by atoms with E-state index in [1.165, 1.54) is 16.6 Å². The van der Waals surface area contributed by atoms with E-state index >= 15 is 0 Å². The predicted molar refractivity (Wildman–Crippen MR) is 140 cm³/mol. The highest BCUT2D eigenvalue weighted by Crippen LogP contribution is 2.22. The minimum absolute atomic E-state index is 0.0118. The minimum atomic E-state index is -4.16. The maximum absolute atomic E-state index is 13.0. The zero-order chi connectivity index (χ0) is 27.4. The zero-order valence-electron chi connectivity index (χ0n) is 21.5. The van der Waals surface area contributed by atoms with Gasteiger partial charge in [-0.2, -0.15) is 14.6 Å². The molecule has 1 aromatic carbocycles. The predicted octanol–water partition coefficient (Wildman–Crippen LogP) is 1.36. The van der Waals surface area contributed by atoms with Gasteiger partial charge in [-0.05, 0) is 56.4 Å². The average molecular weight is 542 g/mol. The van der Waals surface area contributed by atoms with E-state index in [-0.39, 0.29) is 10.6 Å². The first-order valence-electron chi connectivity index (χ1n) is 12.3. The summed E-state index contributed by atoms with van der Waals surface area (Å²) < 4.78 is 28.1. The normalized spacial score (nSPS) is 13.9. The molecule has 0 spiro atoms. The quantitative estimate of drug-likeness (QED) is 0.296. The highest BCUT2D eigenvalue weighted by Gasteiger charge is 2.28. The Bertz CT molecular complexity index is 1450. The van der Waals surface area contributed by atoms with Gasteiger partial charge >= 0.3 is 5.97 Å². The number of sulfonamides is 1. The summed E-state index contributed by atoms with van der Waals surface area (Å²) in [5.74, 6) is -1.19. The number of hydrogen-bond acceptors (Lipinski definition) is 8. The lowest BCUT2D eigenvalue weighted by Gasteiger charge is -2.18. The second-order valence-electron chi connectivity index (χ2n) is 9.37. The second-order valence-corrected chi connectivity index (χ2v) is 11.0. The van der Waals surface area contributed by atoms with Crippen molar-refractivity contribution in [1.29, 1.82) is 0 Å². The third-order valence-electron chi connectivity index (χ3n) is 6.22. The smallest absolute Gasteiger partial charge is 0.323 e. The molecule has 1 atom stereocenters. The number of nitrogens with one attached hydrogen (secondary N) is 3. The monoisotopic (exact) mass is 541 g/mol. The standard InChI is InChI=1S/C25H31N7O5S/c1-15-11-16(2)22(17(3)12-15)38(36,37)31-21(25(34)35)13-27-24(33)20-14-28-32(30-20)10-8-19-7-6-18-5-4-9-26-23(18)29-19/h6-7,11-12,14,21,31H,4-5,8-10,13H2,1-3H3,(H,26,29)(H,27,33)(H,34,35)/t21-/m0/s1. The van der Waals surface area contributed by atoms with Crippen LogP contribution in [-0.4, -0.2) is 64.5 Å². The van der Waals surface area contributed by atoms with Crippen molar-refractivity contribution in [2.45, 2.75) is 57.5 Å². The lowest BCUT2D eigenvalue weighted by molar-refractivity contribution is -0.138. The number of benzene rings is 1. The van der Waals surface area contributed by atoms with Gasteiger partial charge in [0.25, 0.3) is 5.91 Å². The number of fused-ring (bicyclic) bond motifs is 1. The fourth-order valence-electron chi connectivity index (χ4n) is 4.53. The van der Waals surface area contributed by atoms with E-state index in [4.69, 9.17) is 0 Å². The number of amides is 1. The Labute approximate surface area is 220 Å². The molecule has 0 saturated heterocycles. The SMILES string of the molecule is Cc1cc(C)c(S(=O)(=O)N[C@@H](CNC(=O)c2cnn(CCc3ccc4c(n3)NCCC4)n2)C(=O)O)c(C)c1. The van der Waals surface area contributed by atoms with E-state index < -0.39 is 34.5 Å². The summed E-state index contributed by atoms with van der Waals surface area (Å²) in [6.45, 7) is 5.96. The first kappa shape index (κ1) is 27.2. The van der Waals surface area contributed by atoms with Crippen molar-refractivity contribution >= 4 is 27.7 Å². The molecule has 4 rings (SSSR count). The van der Waals surface area contributed by atoms with Gasteiger partial charge in [0, 0.05) is 25.2 Å². The van der Waals surface area contributed by atoms with Crippen molar-refractivity contribution in [1.82, 2.24) is 30.0 Å². The molecule has 2 aromatic heterocycles. The summed E-state index contributed by atoms with van der Waals surface area (Å²) >= 11 is 0. The lowest BCUT2D eigenvalue weighted by atomic mass is 10.1. The van der Waals surface area contributed by atoms with E-state index in [9.17, 15) is 23.1 Å². The van der Waals surface area contributed by atoms with Crippen LogP contribution in [0.1, 0.15) is 44.9 Å². The number of aromatic nitrogens is 4. The van der Waals surface area contributed by atoms with Gasteiger partial charge in [0.1, 0.15) is 11.9 Å². The van der Waals surface area contributed by atoms with Crippen molar-refractivity contribution in [3.05, 3.63) is 64.1 Å². The van der Waals surface area contributed by atoms with E-state index in [0.29, 0.717) is 24.1 Å². The van der Waals surface area contributed by atoms with Crippen LogP contribution in [0, 0.1) is 20.8 Å². The number of carboxylic acids is 1. The summed E-state index contributed by atoms with van der Waals surface area (Å²) in [5, 5.41) is 23.6. The molecule has 0 bridgehead atoms. The van der Waals surface area contributed by atoms with E-state index in [2.05, 4.69) is 36.6 Å². The fourth-order valence-corrected chi connectivity index (χ4v) is 6.18. The fraction of sp³-hybridized carbons (Fsp3) is 0.400. The number of nitrogens with zero attached hydrogens (tertiary/aromatic N) is 4. The maximum Gasteiger partial charge on any atom is 0.323 e. The van der Waals surface area contributed by atoms with E-state index in [0.717, 1.165) is 36.5 Å². The molecule has 0 aliphatic carbocycles. The minimum Gasteiger partial charge on any atom is -0.480 e. The van der Waals surface area contributed by atoms with Gasteiger partial charge in [-0.1, -0.05) is 23.8 Å². The van der Waals surface area contributed by atoms with Crippen molar-refractivity contribution in [2.75, 3.05) is 18.4 Å². The molecule has 0 fully saturated rings. The Kier molecular flexibility index (Phi) is 8.07. The van der Waals surface area contributed by atoms with Crippen molar-refractivity contribution < 1.29 is 23.1 Å². The number of carboxylic acid groups (broad SMARTS) is 1. The number of hydrogen-bond donors (Lipinski definition) is 4. The molecule has 3 aromatic rings. The first-order chi connectivity index (χ1) is 18.0. The van der Waals surface area contributed by atoms with Gasteiger partial charge in [0.2, 0.25) is 10.0 Å². The zero-order valence-corrected chi connectivity index (χ0v) is 22.3. The van der Waals surface area contributed by atoms with Gasteiger partial charge in [0.05, 0.1) is 17.6 Å². The van der Waals surface area contributed by atoms with Crippen LogP contribution in [0.25, 0.3) is 0 Å². The van der Waals surface area contributed by atoms with Gasteiger partial charge in [-0.15, -0.1) is 5.10 Å². The molecular formula is C25H31N7O5S. The van der Waals surface area contributed by atoms with Crippen LogP contribution in [0.4, 0.5) is 5.82 Å². The highest BCUT2D eigenvalue weighted by molar-refractivity contribution is 7.89. The van der Waals surface area contributed by atoms with Crippen molar-refractivity contribution in [3.63, 3.8) is 0 Å². The molecule has 3 heterocycles. The number of carbonyl (C=O) groups is 2. The average Bonchev–Trinajstić information content (AvgIpc) is 3.33. The molecule has 12 nitrogen and oxygen atoms in total. The van der Waals surface area contributed by atoms with Gasteiger partial charge in [-0.3, -0.25) is 9.59 Å². The van der Waals surface area contributed by atoms with Crippen LogP contribution >= 0.6 is 0 Å². The number of aliphatic carboxylic acids is 1. The molecule has 202 valence electrons. The second kappa shape index (κ2) is 11.3. The Morgan fingerprint density at radius 3 is 2.63 bits per heavy atom. The van der Waals surface area contributed by atoms with E-state index in [1.807, 2.05) is 13.0 Å². The van der Waals surface area contributed by atoms with Crippen LogP contribution < -0.4 is 15.4 Å². The Hall–Kier alpha value is -3.84. The third-order valence-corrected chi connectivity index (χ3v) is 8.00. The van der Waals surface area contributed by atoms with E-state index in [1.54, 1.807) is 26.0 Å². The van der Waals surface area contributed by atoms with Gasteiger partial charge in [0.15, 0.2) is 5.69 Å². The van der Waals surface area contributed by atoms with Crippen LogP contribution in [0.15, 0.2) is 35.4 Å². The number of rotatable bonds is 10. The topological polar surface area (TPSA) is 168 Å². The summed E-state index contributed by atoms with van der Waals surface area (Å²) in [6, 6.07) is 5.87. The molecule has 38 heavy (non-hydrogen) atoms. The molecule has 0 unspecified atom stereocenters. The Morgan fingerprint density at radius 1 is 1.18 bits per heavy atom. The summed E-state index contributed by atoms with van der Waals surface area (Å²) in [6.07, 6.45) is 3.92. The van der Waals surface area contributed by atoms with Crippen LogP contribution in [0.5, 0.6) is 0 Å². The van der Waals surface area contributed by atoms with Crippen LogP contribution in [-0.2, 0) is 34.2 Å². The molecule has 1 aliphatic rings. The van der Waals surface area contributed by atoms with Crippen LogP contribution in [0.3, 0.4) is 0 Å². The molecule has 0 radical (unpaired) electrons. The highest BCUT2D eigenvalue weighted by atomic mass is 32.2. The number of aryl methyl sites for hydroxylation is 6. The molecular weight excluding hydrogens is 510 g/mol. The first-order valence-corrected chi connectivity index (χ1v) is 13.8. The lowest BCUT2D eigenvalue weighted by Crippen LogP contribution is -2.48. The molecule has 4 N–H and O–H groups in total. The largest absolute Gasteiger partial charge is 0.480 e. The number of anilines is 1. The van der Waals surface area contributed by atoms with Crippen molar-refractivity contribution in [2.24, 2.45) is 0 Å². The number of carbonyl (C=O) groups excluding carboxylic acids is 1.